The SMILES string of the molecule is C[N+](C)(C)c1ccc(OCCNCCc2ccc(N=Nc3ccc([N+](=O)[O-])cc3Cl)cc2)cc1.[OH-]. The van der Waals surface area contributed by atoms with Crippen molar-refractivity contribution in [1.82, 2.24) is 9.80 Å². The number of hydrogen-bond acceptors (Lipinski definition) is 7. The number of non-ortho nitro benzene ring substituents is 1. The van der Waals surface area contributed by atoms with Crippen molar-refractivity contribution in [1.29, 1.82) is 0 Å². The first kappa shape index (κ1) is 27.9. The van der Waals surface area contributed by atoms with Crippen LogP contribution < -0.4 is 14.5 Å². The van der Waals surface area contributed by atoms with E-state index in [1.165, 1.54) is 29.4 Å². The fourth-order valence-corrected chi connectivity index (χ4v) is 3.33. The van der Waals surface area contributed by atoms with Gasteiger partial charge in [-0.1, -0.05) is 23.7 Å². The van der Waals surface area contributed by atoms with Crippen molar-refractivity contribution >= 4 is 34.4 Å². The van der Waals surface area contributed by atoms with Gasteiger partial charge in [0.2, 0.25) is 0 Å². The molecule has 3 rings (SSSR count). The number of quaternary nitrogens is 1. The van der Waals surface area contributed by atoms with E-state index in [-0.39, 0.29) is 16.2 Å². The number of nitro groups is 1. The zero-order valence-electron chi connectivity index (χ0n) is 20.0. The van der Waals surface area contributed by atoms with E-state index >= 15 is 0 Å². The average molecular weight is 500 g/mol. The minimum Gasteiger partial charge on any atom is -0.870 e. The van der Waals surface area contributed by atoms with Crippen LogP contribution in [0, 0.1) is 10.1 Å². The van der Waals surface area contributed by atoms with Gasteiger partial charge in [0, 0.05) is 30.8 Å². The highest BCUT2D eigenvalue weighted by Gasteiger charge is 2.11. The summed E-state index contributed by atoms with van der Waals surface area (Å²) in [5, 5.41) is 22.6. The van der Waals surface area contributed by atoms with Gasteiger partial charge in [0.25, 0.3) is 5.69 Å². The molecular formula is C25H30ClN5O4. The molecule has 0 saturated heterocycles. The Balaban J connectivity index is 0.00000432. The number of nitro benzene ring substituents is 1. The van der Waals surface area contributed by atoms with Gasteiger partial charge < -0.3 is 15.5 Å². The molecule has 0 aliphatic heterocycles. The lowest BCUT2D eigenvalue weighted by molar-refractivity contribution is -0.384. The van der Waals surface area contributed by atoms with Crippen molar-refractivity contribution in [3.05, 3.63) is 87.4 Å². The van der Waals surface area contributed by atoms with E-state index in [4.69, 9.17) is 16.3 Å². The number of nitrogens with one attached hydrogen (secondary N) is 1. The second kappa shape index (κ2) is 12.9. The third-order valence-electron chi connectivity index (χ3n) is 5.10. The summed E-state index contributed by atoms with van der Waals surface area (Å²) in [6.45, 7) is 2.21. The van der Waals surface area contributed by atoms with Crippen LogP contribution >= 0.6 is 11.6 Å². The van der Waals surface area contributed by atoms with Crippen LogP contribution in [0.15, 0.2) is 77.0 Å². The van der Waals surface area contributed by atoms with Crippen molar-refractivity contribution in [3.8, 4) is 5.75 Å². The molecule has 0 bridgehead atoms. The van der Waals surface area contributed by atoms with Crippen LogP contribution in [-0.4, -0.2) is 51.2 Å². The molecule has 35 heavy (non-hydrogen) atoms. The molecule has 3 aromatic carbocycles. The van der Waals surface area contributed by atoms with E-state index in [9.17, 15) is 10.1 Å². The van der Waals surface area contributed by atoms with Gasteiger partial charge in [-0.15, -0.1) is 5.11 Å². The van der Waals surface area contributed by atoms with Crippen molar-refractivity contribution in [3.63, 3.8) is 0 Å². The second-order valence-electron chi connectivity index (χ2n) is 8.61. The number of rotatable bonds is 11. The topological polar surface area (TPSA) is 119 Å². The summed E-state index contributed by atoms with van der Waals surface area (Å²) in [5.41, 5.74) is 3.38. The maximum Gasteiger partial charge on any atom is 0.271 e. The summed E-state index contributed by atoms with van der Waals surface area (Å²) >= 11 is 6.04. The maximum absolute atomic E-state index is 10.8. The Kier molecular flexibility index (Phi) is 10.3. The van der Waals surface area contributed by atoms with Crippen LogP contribution in [0.2, 0.25) is 5.02 Å². The first-order chi connectivity index (χ1) is 16.2. The Hall–Kier alpha value is -3.37. The molecule has 0 aliphatic carbocycles. The Morgan fingerprint density at radius 1 is 0.971 bits per heavy atom. The third kappa shape index (κ3) is 8.73. The van der Waals surface area contributed by atoms with Crippen LogP contribution in [-0.2, 0) is 6.42 Å². The molecule has 0 aromatic heterocycles. The zero-order chi connectivity index (χ0) is 24.6. The third-order valence-corrected chi connectivity index (χ3v) is 5.40. The largest absolute Gasteiger partial charge is 0.870 e. The summed E-state index contributed by atoms with van der Waals surface area (Å²) < 4.78 is 6.57. The Morgan fingerprint density at radius 2 is 1.66 bits per heavy atom. The first-order valence-corrected chi connectivity index (χ1v) is 11.3. The van der Waals surface area contributed by atoms with Gasteiger partial charge in [0.1, 0.15) is 23.7 Å². The van der Waals surface area contributed by atoms with Gasteiger partial charge in [-0.3, -0.25) is 14.6 Å². The molecule has 0 aliphatic rings. The summed E-state index contributed by atoms with van der Waals surface area (Å²) in [5.74, 6) is 0.874. The summed E-state index contributed by atoms with van der Waals surface area (Å²) in [6.07, 6.45) is 0.879. The zero-order valence-corrected chi connectivity index (χ0v) is 20.8. The van der Waals surface area contributed by atoms with Gasteiger partial charge >= 0.3 is 0 Å². The van der Waals surface area contributed by atoms with Crippen LogP contribution in [0.4, 0.5) is 22.7 Å². The predicted molar refractivity (Wildman–Crippen MR) is 139 cm³/mol. The quantitative estimate of drug-likeness (QED) is 0.116. The fourth-order valence-electron chi connectivity index (χ4n) is 3.12. The second-order valence-corrected chi connectivity index (χ2v) is 9.02. The van der Waals surface area contributed by atoms with Crippen LogP contribution in [0.1, 0.15) is 5.56 Å². The van der Waals surface area contributed by atoms with E-state index < -0.39 is 4.92 Å². The molecule has 0 radical (unpaired) electrons. The van der Waals surface area contributed by atoms with Gasteiger partial charge in [-0.2, -0.15) is 5.11 Å². The molecule has 0 heterocycles. The monoisotopic (exact) mass is 499 g/mol. The highest BCUT2D eigenvalue weighted by molar-refractivity contribution is 6.33. The number of benzene rings is 3. The lowest BCUT2D eigenvalue weighted by atomic mass is 10.1. The van der Waals surface area contributed by atoms with Gasteiger partial charge in [-0.05, 0) is 48.9 Å². The number of nitrogens with zero attached hydrogens (tertiary/aromatic N) is 4. The maximum atomic E-state index is 10.8. The molecular weight excluding hydrogens is 470 g/mol. The minimum absolute atomic E-state index is 0. The Morgan fingerprint density at radius 3 is 2.26 bits per heavy atom. The van der Waals surface area contributed by atoms with Gasteiger partial charge in [0.15, 0.2) is 0 Å². The standard InChI is InChI=1S/C25H29ClN5O3.H2O/c1-31(2,3)22-9-11-23(12-10-22)34-17-16-27-15-14-19-4-6-20(7-5-19)28-29-25-13-8-21(30(32)33)18-24(25)26;/h4-13,18,27H,14-17H2,1-3H3;1H2/q+1;/p-1. The number of halogens is 1. The Bertz CT molecular complexity index is 1130. The van der Waals surface area contributed by atoms with Crippen LogP contribution in [0.5, 0.6) is 5.75 Å². The number of azo groups is 1. The Labute approximate surface area is 210 Å². The van der Waals surface area contributed by atoms with Crippen molar-refractivity contribution in [2.24, 2.45) is 10.2 Å². The van der Waals surface area contributed by atoms with Gasteiger partial charge in [0.05, 0.1) is 36.8 Å². The van der Waals surface area contributed by atoms with Crippen LogP contribution in [0.25, 0.3) is 0 Å². The molecule has 0 saturated carbocycles. The van der Waals surface area contributed by atoms with E-state index in [2.05, 4.69) is 48.8 Å². The molecule has 0 spiro atoms. The lowest BCUT2D eigenvalue weighted by Gasteiger charge is -2.23. The molecule has 9 nitrogen and oxygen atoms in total. The van der Waals surface area contributed by atoms with Crippen molar-refractivity contribution in [2.75, 3.05) is 40.8 Å². The smallest absolute Gasteiger partial charge is 0.271 e. The molecule has 2 N–H and O–H groups in total. The molecule has 0 amide bonds. The van der Waals surface area contributed by atoms with Gasteiger partial charge in [-0.25, -0.2) is 0 Å². The van der Waals surface area contributed by atoms with E-state index in [0.29, 0.717) is 18.0 Å². The summed E-state index contributed by atoms with van der Waals surface area (Å²) in [6, 6.07) is 20.0. The van der Waals surface area contributed by atoms with Crippen molar-refractivity contribution in [2.45, 2.75) is 6.42 Å². The van der Waals surface area contributed by atoms with E-state index in [1.807, 2.05) is 36.4 Å². The molecule has 186 valence electrons. The van der Waals surface area contributed by atoms with Crippen LogP contribution in [0.3, 0.4) is 0 Å². The highest BCUT2D eigenvalue weighted by atomic mass is 35.5. The molecule has 0 unspecified atom stereocenters. The van der Waals surface area contributed by atoms with Crippen molar-refractivity contribution < 1.29 is 15.1 Å². The predicted octanol–water partition coefficient (Wildman–Crippen LogP) is 5.89. The first-order valence-electron chi connectivity index (χ1n) is 10.9. The number of ether oxygens (including phenoxy) is 1. The minimum atomic E-state index is -0.501. The average Bonchev–Trinajstić information content (AvgIpc) is 2.81. The molecule has 0 atom stereocenters. The molecule has 0 fully saturated rings. The summed E-state index contributed by atoms with van der Waals surface area (Å²) in [7, 11) is 6.40. The fraction of sp³-hybridized carbons (Fsp3) is 0.280. The molecule has 3 aromatic rings. The van der Waals surface area contributed by atoms with E-state index in [0.717, 1.165) is 29.7 Å². The summed E-state index contributed by atoms with van der Waals surface area (Å²) in [4.78, 5) is 10.3. The highest BCUT2D eigenvalue weighted by Crippen LogP contribution is 2.30. The normalized spacial score (nSPS) is 11.3. The molecule has 10 heteroatoms. The number of hydrogen-bond donors (Lipinski definition) is 1. The lowest BCUT2D eigenvalue weighted by Crippen LogP contribution is -2.34. The van der Waals surface area contributed by atoms with E-state index in [1.54, 1.807) is 0 Å².